The lowest BCUT2D eigenvalue weighted by Gasteiger charge is -2.37. The van der Waals surface area contributed by atoms with E-state index >= 15 is 0 Å². The topological polar surface area (TPSA) is 55.4 Å². The molecule has 0 amide bonds. The number of ketones is 1. The van der Waals surface area contributed by atoms with E-state index in [9.17, 15) is 9.59 Å². The Hall–Kier alpha value is -3.31. The van der Waals surface area contributed by atoms with Gasteiger partial charge in [0.2, 0.25) is 0 Å². The van der Waals surface area contributed by atoms with Crippen LogP contribution in [0.25, 0.3) is 10.8 Å². The minimum atomic E-state index is -0.456. The van der Waals surface area contributed by atoms with Crippen LogP contribution in [0.1, 0.15) is 49.7 Å². The standard InChI is InChI=1S/C31H31NO3S/c1-3-36-17-16-35-31(34)28-20(2)32-26-18-23(21-10-5-4-6-11-21)19-27(33)30(26)29(28)25-15-9-13-22-12-7-8-14-24(22)25/h4-15,23,29,32H,3,16-19H2,1-2H3/t23-,29-/m0/s1. The third kappa shape index (κ3) is 4.72. The van der Waals surface area contributed by atoms with Gasteiger partial charge in [-0.1, -0.05) is 79.7 Å². The van der Waals surface area contributed by atoms with Gasteiger partial charge in [-0.3, -0.25) is 4.79 Å². The summed E-state index contributed by atoms with van der Waals surface area (Å²) in [5.41, 5.74) is 5.08. The van der Waals surface area contributed by atoms with Crippen LogP contribution in [0.3, 0.4) is 0 Å². The molecular formula is C31H31NO3S. The SMILES string of the molecule is CCSCCOC(=O)C1=C(C)NC2=C(C(=O)C[C@@H](c3ccccc3)C2)[C@H]1c1cccc2ccccc12. The summed E-state index contributed by atoms with van der Waals surface area (Å²) in [4.78, 5) is 27.3. The molecule has 0 saturated heterocycles. The van der Waals surface area contributed by atoms with E-state index < -0.39 is 5.92 Å². The average Bonchev–Trinajstić information content (AvgIpc) is 2.90. The van der Waals surface area contributed by atoms with Gasteiger partial charge >= 0.3 is 5.97 Å². The number of thioether (sulfide) groups is 1. The van der Waals surface area contributed by atoms with E-state index in [0.29, 0.717) is 24.2 Å². The maximum Gasteiger partial charge on any atom is 0.336 e. The molecule has 0 bridgehead atoms. The van der Waals surface area contributed by atoms with Crippen molar-refractivity contribution in [3.8, 4) is 0 Å². The molecule has 0 saturated carbocycles. The van der Waals surface area contributed by atoms with Gasteiger partial charge in [-0.25, -0.2) is 4.79 Å². The molecule has 0 aromatic heterocycles. The summed E-state index contributed by atoms with van der Waals surface area (Å²) < 4.78 is 5.73. The van der Waals surface area contributed by atoms with Crippen molar-refractivity contribution in [3.63, 3.8) is 0 Å². The van der Waals surface area contributed by atoms with Crippen LogP contribution in [0.5, 0.6) is 0 Å². The van der Waals surface area contributed by atoms with Crippen LogP contribution in [-0.2, 0) is 14.3 Å². The molecule has 4 nitrogen and oxygen atoms in total. The molecule has 1 aliphatic carbocycles. The van der Waals surface area contributed by atoms with Gasteiger partial charge in [0, 0.05) is 35.1 Å². The highest BCUT2D eigenvalue weighted by Gasteiger charge is 2.41. The fraction of sp³-hybridized carbons (Fsp3) is 0.290. The molecule has 3 aromatic carbocycles. The smallest absolute Gasteiger partial charge is 0.336 e. The number of nitrogens with one attached hydrogen (secondary N) is 1. The summed E-state index contributed by atoms with van der Waals surface area (Å²) in [6, 6.07) is 24.5. The van der Waals surface area contributed by atoms with E-state index in [-0.39, 0.29) is 17.7 Å². The van der Waals surface area contributed by atoms with Gasteiger partial charge < -0.3 is 10.1 Å². The fourth-order valence-electron chi connectivity index (χ4n) is 5.50. The van der Waals surface area contributed by atoms with Crippen molar-refractivity contribution >= 4 is 34.3 Å². The highest BCUT2D eigenvalue weighted by atomic mass is 32.2. The molecule has 2 aliphatic rings. The van der Waals surface area contributed by atoms with Crippen molar-refractivity contribution < 1.29 is 14.3 Å². The molecule has 1 N–H and O–H groups in total. The Balaban J connectivity index is 1.60. The van der Waals surface area contributed by atoms with E-state index in [1.54, 1.807) is 11.8 Å². The van der Waals surface area contributed by atoms with Gasteiger partial charge in [0.05, 0.1) is 5.57 Å². The number of fused-ring (bicyclic) bond motifs is 1. The summed E-state index contributed by atoms with van der Waals surface area (Å²) >= 11 is 1.74. The molecule has 184 valence electrons. The van der Waals surface area contributed by atoms with Crippen LogP contribution < -0.4 is 5.32 Å². The minimum Gasteiger partial charge on any atom is -0.461 e. The minimum absolute atomic E-state index is 0.0925. The number of ether oxygens (including phenoxy) is 1. The lowest BCUT2D eigenvalue weighted by Crippen LogP contribution is -2.36. The second-order valence-corrected chi connectivity index (χ2v) is 10.7. The van der Waals surface area contributed by atoms with E-state index in [1.165, 1.54) is 5.56 Å². The highest BCUT2D eigenvalue weighted by molar-refractivity contribution is 7.99. The zero-order valence-electron chi connectivity index (χ0n) is 20.8. The second-order valence-electron chi connectivity index (χ2n) is 9.33. The number of carbonyl (C=O) groups is 2. The van der Waals surface area contributed by atoms with Crippen molar-refractivity contribution in [2.45, 2.75) is 38.5 Å². The van der Waals surface area contributed by atoms with Crippen molar-refractivity contribution in [1.82, 2.24) is 5.32 Å². The number of Topliss-reactive ketones (excluding diaryl/α,β-unsaturated/α-hetero) is 1. The third-order valence-corrected chi connectivity index (χ3v) is 7.98. The second kappa shape index (κ2) is 10.8. The number of hydrogen-bond donors (Lipinski definition) is 1. The van der Waals surface area contributed by atoms with Crippen molar-refractivity contribution in [1.29, 1.82) is 0 Å². The summed E-state index contributed by atoms with van der Waals surface area (Å²) in [5.74, 6) is 1.14. The molecule has 0 radical (unpaired) electrons. The molecule has 0 spiro atoms. The van der Waals surface area contributed by atoms with E-state index in [2.05, 4.69) is 42.6 Å². The largest absolute Gasteiger partial charge is 0.461 e. The zero-order valence-corrected chi connectivity index (χ0v) is 21.6. The summed E-state index contributed by atoms with van der Waals surface area (Å²) in [6.07, 6.45) is 1.17. The molecule has 0 fully saturated rings. The molecule has 3 aromatic rings. The van der Waals surface area contributed by atoms with Gasteiger partial charge in [-0.15, -0.1) is 0 Å². The number of rotatable bonds is 7. The van der Waals surface area contributed by atoms with Crippen LogP contribution in [0, 0.1) is 0 Å². The van der Waals surface area contributed by atoms with Crippen molar-refractivity contribution in [3.05, 3.63) is 106 Å². The number of benzene rings is 3. The average molecular weight is 498 g/mol. The monoisotopic (exact) mass is 497 g/mol. The Bertz CT molecular complexity index is 1350. The lowest BCUT2D eigenvalue weighted by atomic mass is 9.71. The Morgan fingerprint density at radius 3 is 2.56 bits per heavy atom. The number of esters is 1. The molecule has 1 aliphatic heterocycles. The summed E-state index contributed by atoms with van der Waals surface area (Å²) in [7, 11) is 0. The quantitative estimate of drug-likeness (QED) is 0.298. The van der Waals surface area contributed by atoms with Crippen LogP contribution >= 0.6 is 11.8 Å². The van der Waals surface area contributed by atoms with Gasteiger partial charge in [0.15, 0.2) is 5.78 Å². The first kappa shape index (κ1) is 24.4. The predicted molar refractivity (Wildman–Crippen MR) is 147 cm³/mol. The third-order valence-electron chi connectivity index (χ3n) is 7.12. The molecule has 0 unspecified atom stereocenters. The number of hydrogen-bond acceptors (Lipinski definition) is 5. The van der Waals surface area contributed by atoms with E-state index in [1.807, 2.05) is 49.4 Å². The van der Waals surface area contributed by atoms with Crippen molar-refractivity contribution in [2.75, 3.05) is 18.1 Å². The normalized spacial score (nSPS) is 19.8. The Morgan fingerprint density at radius 1 is 1.00 bits per heavy atom. The maximum atomic E-state index is 13.8. The molecule has 5 rings (SSSR count). The van der Waals surface area contributed by atoms with Crippen molar-refractivity contribution in [2.24, 2.45) is 0 Å². The zero-order chi connectivity index (χ0) is 25.1. The predicted octanol–water partition coefficient (Wildman–Crippen LogP) is 6.50. The number of allylic oxidation sites excluding steroid dienone is 3. The molecule has 2 atom stereocenters. The number of carbonyl (C=O) groups excluding carboxylic acids is 2. The number of dihydropyridines is 1. The van der Waals surface area contributed by atoms with E-state index in [4.69, 9.17) is 4.74 Å². The first-order chi connectivity index (χ1) is 17.6. The highest BCUT2D eigenvalue weighted by Crippen LogP contribution is 2.47. The van der Waals surface area contributed by atoms with E-state index in [0.717, 1.165) is 45.7 Å². The van der Waals surface area contributed by atoms with Gasteiger partial charge in [-0.05, 0) is 46.9 Å². The van der Waals surface area contributed by atoms with Crippen LogP contribution in [0.2, 0.25) is 0 Å². The first-order valence-electron chi connectivity index (χ1n) is 12.6. The fourth-order valence-corrected chi connectivity index (χ4v) is 5.99. The van der Waals surface area contributed by atoms with Crippen LogP contribution in [0.4, 0.5) is 0 Å². The Kier molecular flexibility index (Phi) is 7.28. The van der Waals surface area contributed by atoms with Crippen LogP contribution in [-0.4, -0.2) is 29.9 Å². The van der Waals surface area contributed by atoms with Gasteiger partial charge in [0.25, 0.3) is 0 Å². The molecule has 36 heavy (non-hydrogen) atoms. The summed E-state index contributed by atoms with van der Waals surface area (Å²) in [6.45, 7) is 4.37. The van der Waals surface area contributed by atoms with Gasteiger partial charge in [0.1, 0.15) is 6.61 Å². The lowest BCUT2D eigenvalue weighted by molar-refractivity contribution is -0.138. The molecule has 1 heterocycles. The molecule has 5 heteroatoms. The van der Waals surface area contributed by atoms with Crippen LogP contribution in [0.15, 0.2) is 95.3 Å². The summed E-state index contributed by atoms with van der Waals surface area (Å²) in [5, 5.41) is 5.60. The Labute approximate surface area is 216 Å². The Morgan fingerprint density at radius 2 is 1.75 bits per heavy atom. The maximum absolute atomic E-state index is 13.8. The first-order valence-corrected chi connectivity index (χ1v) is 13.8. The van der Waals surface area contributed by atoms with Gasteiger partial charge in [-0.2, -0.15) is 11.8 Å². The molecular weight excluding hydrogens is 466 g/mol.